The summed E-state index contributed by atoms with van der Waals surface area (Å²) in [4.78, 5) is 0. The van der Waals surface area contributed by atoms with Gasteiger partial charge in [-0.2, -0.15) is 0 Å². The van der Waals surface area contributed by atoms with Crippen molar-refractivity contribution in [2.24, 2.45) is 0 Å². The van der Waals surface area contributed by atoms with Crippen LogP contribution < -0.4 is 10.6 Å². The van der Waals surface area contributed by atoms with Crippen LogP contribution in [-0.2, 0) is 23.7 Å². The fourth-order valence-corrected chi connectivity index (χ4v) is 5.05. The lowest BCUT2D eigenvalue weighted by molar-refractivity contribution is -0.226. The molecule has 9 heteroatoms. The first-order valence-corrected chi connectivity index (χ1v) is 10.9. The number of ether oxygens (including phenoxy) is 5. The Bertz CT molecular complexity index is 818. The summed E-state index contributed by atoms with van der Waals surface area (Å²) >= 11 is 5.46. The molecule has 5 rings (SSSR count). The average molecular weight is 439 g/mol. The van der Waals surface area contributed by atoms with Gasteiger partial charge < -0.3 is 34.3 Å². The molecule has 4 fully saturated rings. The van der Waals surface area contributed by atoms with E-state index in [2.05, 4.69) is 10.6 Å². The van der Waals surface area contributed by atoms with Crippen LogP contribution in [0.1, 0.15) is 39.5 Å². The van der Waals surface area contributed by atoms with Crippen molar-refractivity contribution in [1.82, 2.24) is 5.32 Å². The Morgan fingerprint density at radius 1 is 1.10 bits per heavy atom. The minimum Gasteiger partial charge on any atom is -0.354 e. The highest BCUT2D eigenvalue weighted by Gasteiger charge is 2.59. The summed E-state index contributed by atoms with van der Waals surface area (Å²) in [6.07, 6.45) is 2.43. The zero-order valence-corrected chi connectivity index (χ0v) is 17.9. The van der Waals surface area contributed by atoms with E-state index in [1.54, 1.807) is 18.2 Å². The largest absolute Gasteiger partial charge is 0.354 e. The summed E-state index contributed by atoms with van der Waals surface area (Å²) in [5.41, 5.74) is 0.302. The van der Waals surface area contributed by atoms with Crippen molar-refractivity contribution in [3.05, 3.63) is 30.1 Å². The molecule has 1 aliphatic carbocycles. The lowest BCUT2D eigenvalue weighted by Gasteiger charge is -2.30. The second kappa shape index (κ2) is 7.65. The summed E-state index contributed by atoms with van der Waals surface area (Å²) in [6.45, 7) is 4.14. The number of halogens is 1. The third kappa shape index (κ3) is 3.83. The normalized spacial score (nSPS) is 36.2. The van der Waals surface area contributed by atoms with E-state index >= 15 is 0 Å². The molecule has 3 saturated heterocycles. The molecule has 3 heterocycles. The summed E-state index contributed by atoms with van der Waals surface area (Å²) < 4.78 is 44.6. The van der Waals surface area contributed by atoms with Gasteiger partial charge in [0.25, 0.3) is 0 Å². The zero-order chi connectivity index (χ0) is 20.9. The monoisotopic (exact) mass is 438 g/mol. The van der Waals surface area contributed by atoms with Crippen molar-refractivity contribution >= 4 is 23.0 Å². The van der Waals surface area contributed by atoms with Crippen LogP contribution in [0.4, 0.5) is 10.1 Å². The fourth-order valence-electron chi connectivity index (χ4n) is 4.80. The van der Waals surface area contributed by atoms with Crippen LogP contribution in [0.3, 0.4) is 0 Å². The van der Waals surface area contributed by atoms with Gasteiger partial charge in [0.15, 0.2) is 23.0 Å². The maximum absolute atomic E-state index is 14.0. The molecule has 0 amide bonds. The molecule has 1 saturated carbocycles. The highest BCUT2D eigenvalue weighted by molar-refractivity contribution is 7.80. The van der Waals surface area contributed by atoms with Crippen LogP contribution in [0.2, 0.25) is 0 Å². The predicted octanol–water partition coefficient (Wildman–Crippen LogP) is 3.04. The van der Waals surface area contributed by atoms with Crippen LogP contribution in [0.25, 0.3) is 0 Å². The Morgan fingerprint density at radius 3 is 2.63 bits per heavy atom. The van der Waals surface area contributed by atoms with Gasteiger partial charge in [-0.25, -0.2) is 4.39 Å². The van der Waals surface area contributed by atoms with Crippen LogP contribution in [0.5, 0.6) is 0 Å². The second-order valence-corrected chi connectivity index (χ2v) is 9.17. The highest BCUT2D eigenvalue weighted by atomic mass is 32.1. The standard InChI is InChI=1S/C21H27FN2O5S/c1-20(2)28-17-15(24-19(30)23-13-8-4-3-7-12(13)22)16(26-18(17)29-20)14-11-25-21(27-14)9-5-6-10-21/h3-4,7-8,14-18H,5-6,9-11H2,1-2H3,(H2,23,24,30)/t14-,15+,16-,17-,18-/m1/s1. The molecule has 1 aromatic rings. The Labute approximate surface area is 180 Å². The van der Waals surface area contributed by atoms with E-state index in [9.17, 15) is 4.39 Å². The van der Waals surface area contributed by atoms with E-state index in [0.29, 0.717) is 12.3 Å². The van der Waals surface area contributed by atoms with Crippen LogP contribution in [0, 0.1) is 5.82 Å². The Morgan fingerprint density at radius 2 is 1.87 bits per heavy atom. The molecule has 2 N–H and O–H groups in total. The number of thiocarbonyl (C=S) groups is 1. The Kier molecular flexibility index (Phi) is 5.24. The van der Waals surface area contributed by atoms with Crippen LogP contribution >= 0.6 is 12.2 Å². The number of nitrogens with one attached hydrogen (secondary N) is 2. The number of fused-ring (bicyclic) bond motifs is 1. The summed E-state index contributed by atoms with van der Waals surface area (Å²) in [5.74, 6) is -1.64. The number of rotatable bonds is 3. The topological polar surface area (TPSA) is 70.2 Å². The average Bonchev–Trinajstić information content (AvgIpc) is 3.44. The van der Waals surface area contributed by atoms with Gasteiger partial charge in [-0.3, -0.25) is 0 Å². The van der Waals surface area contributed by atoms with Crippen molar-refractivity contribution in [3.8, 4) is 0 Å². The van der Waals surface area contributed by atoms with E-state index in [1.165, 1.54) is 6.07 Å². The molecule has 0 aromatic heterocycles. The number of hydrogen-bond acceptors (Lipinski definition) is 6. The van der Waals surface area contributed by atoms with E-state index in [4.69, 9.17) is 35.9 Å². The van der Waals surface area contributed by atoms with Gasteiger partial charge in [0.1, 0.15) is 24.1 Å². The van der Waals surface area contributed by atoms with Crippen molar-refractivity contribution in [3.63, 3.8) is 0 Å². The molecule has 4 aliphatic rings. The maximum Gasteiger partial charge on any atom is 0.189 e. The van der Waals surface area contributed by atoms with E-state index < -0.39 is 17.9 Å². The van der Waals surface area contributed by atoms with E-state index in [-0.39, 0.29) is 35.3 Å². The predicted molar refractivity (Wildman–Crippen MR) is 110 cm³/mol. The van der Waals surface area contributed by atoms with Crippen molar-refractivity contribution < 1.29 is 28.1 Å². The molecule has 3 aliphatic heterocycles. The molecule has 5 atom stereocenters. The van der Waals surface area contributed by atoms with E-state index in [1.807, 2.05) is 13.8 Å². The lowest BCUT2D eigenvalue weighted by Crippen LogP contribution is -2.53. The van der Waals surface area contributed by atoms with E-state index in [0.717, 1.165) is 25.7 Å². The van der Waals surface area contributed by atoms with Crippen LogP contribution in [0.15, 0.2) is 24.3 Å². The molecule has 1 spiro atoms. The quantitative estimate of drug-likeness (QED) is 0.698. The summed E-state index contributed by atoms with van der Waals surface area (Å²) in [6, 6.07) is 6.04. The van der Waals surface area contributed by atoms with Crippen molar-refractivity contribution in [2.45, 2.75) is 81.7 Å². The number of para-hydroxylation sites is 1. The molecule has 7 nitrogen and oxygen atoms in total. The molecule has 0 radical (unpaired) electrons. The number of anilines is 1. The molecule has 1 aromatic carbocycles. The maximum atomic E-state index is 14.0. The van der Waals surface area contributed by atoms with Crippen LogP contribution in [-0.4, -0.2) is 53.9 Å². The number of hydrogen-bond donors (Lipinski definition) is 2. The van der Waals surface area contributed by atoms with Gasteiger partial charge >= 0.3 is 0 Å². The smallest absolute Gasteiger partial charge is 0.189 e. The first-order valence-electron chi connectivity index (χ1n) is 10.5. The van der Waals surface area contributed by atoms with Gasteiger partial charge in [0.05, 0.1) is 18.3 Å². The number of benzene rings is 1. The third-order valence-electron chi connectivity index (χ3n) is 6.12. The first kappa shape index (κ1) is 20.5. The minimum absolute atomic E-state index is 0.266. The zero-order valence-electron chi connectivity index (χ0n) is 17.1. The molecule has 0 unspecified atom stereocenters. The summed E-state index contributed by atoms with van der Waals surface area (Å²) in [5, 5.41) is 6.46. The van der Waals surface area contributed by atoms with Crippen molar-refractivity contribution in [1.29, 1.82) is 0 Å². The first-order chi connectivity index (χ1) is 14.3. The highest BCUT2D eigenvalue weighted by Crippen LogP contribution is 2.44. The van der Waals surface area contributed by atoms with Gasteiger partial charge in [-0.05, 0) is 51.0 Å². The lowest BCUT2D eigenvalue weighted by atomic mass is 10.0. The summed E-state index contributed by atoms with van der Waals surface area (Å²) in [7, 11) is 0. The molecular formula is C21H27FN2O5S. The molecule has 30 heavy (non-hydrogen) atoms. The van der Waals surface area contributed by atoms with Gasteiger partial charge in [-0.15, -0.1) is 0 Å². The van der Waals surface area contributed by atoms with Gasteiger partial charge in [0, 0.05) is 12.8 Å². The van der Waals surface area contributed by atoms with Gasteiger partial charge in [0.2, 0.25) is 0 Å². The Balaban J connectivity index is 1.32. The minimum atomic E-state index is -0.763. The molecular weight excluding hydrogens is 411 g/mol. The SMILES string of the molecule is CC1(C)O[C@H]2O[C@H]([C@H]3COC4(CCCC4)O3)[C@H](NC(=S)Nc3ccccc3F)[C@H]2O1. The van der Waals surface area contributed by atoms with Crippen molar-refractivity contribution in [2.75, 3.05) is 11.9 Å². The Hall–Kier alpha value is -1.36. The molecule has 164 valence electrons. The third-order valence-corrected chi connectivity index (χ3v) is 6.34. The fraction of sp³-hybridized carbons (Fsp3) is 0.667. The van der Waals surface area contributed by atoms with Gasteiger partial charge in [-0.1, -0.05) is 12.1 Å². The molecule has 0 bridgehead atoms. The second-order valence-electron chi connectivity index (χ2n) is 8.76.